The van der Waals surface area contributed by atoms with Gasteiger partial charge in [0.25, 0.3) is 0 Å². The standard InChI is InChI=1S/C28H37BFN3O6/c1-27(2,3)11-33(6)10-13-9-16(30)14-7-12-8-15-20(32(4)5)23(36)19(26(31)38)24(29)28(15,39)25(37)17(12)22(35)18(14)21(13)34/h9,12,15,20,29,34,36-37,39H,7-8,10-11H2,1-6H3,(H2,31,38)/t12-,15-,20-,28+/m0/s1. The summed E-state index contributed by atoms with van der Waals surface area (Å²) in [7, 11) is 8.86. The van der Waals surface area contributed by atoms with Crippen molar-refractivity contribution in [2.24, 2.45) is 23.0 Å². The number of rotatable bonds is 5. The van der Waals surface area contributed by atoms with Crippen LogP contribution in [-0.2, 0) is 17.8 Å². The van der Waals surface area contributed by atoms with Crippen LogP contribution in [0.5, 0.6) is 5.75 Å². The number of nitrogens with two attached hydrogens (primary N) is 1. The van der Waals surface area contributed by atoms with E-state index in [4.69, 9.17) is 5.73 Å². The maximum absolute atomic E-state index is 15.5. The molecular formula is C28H37BFN3O6. The van der Waals surface area contributed by atoms with Crippen LogP contribution in [0.1, 0.15) is 48.7 Å². The van der Waals surface area contributed by atoms with Crippen molar-refractivity contribution in [3.05, 3.63) is 51.2 Å². The molecule has 3 aliphatic carbocycles. The Morgan fingerprint density at radius 2 is 1.85 bits per heavy atom. The van der Waals surface area contributed by atoms with E-state index < -0.39 is 52.3 Å². The van der Waals surface area contributed by atoms with E-state index in [1.54, 1.807) is 19.0 Å². The first-order valence-electron chi connectivity index (χ1n) is 12.9. The topological polar surface area (TPSA) is 148 Å². The fraction of sp³-hybridized carbons (Fsp3) is 0.536. The first-order chi connectivity index (χ1) is 17.9. The van der Waals surface area contributed by atoms with Crippen molar-refractivity contribution in [2.75, 3.05) is 27.7 Å². The minimum atomic E-state index is -2.29. The third-order valence-corrected chi connectivity index (χ3v) is 8.12. The first kappa shape index (κ1) is 29.0. The first-order valence-corrected chi connectivity index (χ1v) is 12.9. The zero-order valence-electron chi connectivity index (χ0n) is 23.3. The Hall–Kier alpha value is -3.02. The van der Waals surface area contributed by atoms with E-state index in [9.17, 15) is 30.0 Å². The molecule has 0 aliphatic heterocycles. The Balaban J connectivity index is 1.86. The second-order valence-corrected chi connectivity index (χ2v) is 12.6. The summed E-state index contributed by atoms with van der Waals surface area (Å²) in [6, 6.07) is 0.301. The van der Waals surface area contributed by atoms with Crippen LogP contribution in [-0.4, -0.2) is 94.2 Å². The molecule has 4 atom stereocenters. The number of hydrogen-bond acceptors (Lipinski definition) is 8. The van der Waals surface area contributed by atoms with Gasteiger partial charge < -0.3 is 0 Å². The normalized spacial score (nSPS) is 27.2. The molecule has 1 aromatic rings. The number of allylic oxidation sites excluding steroid dienone is 1. The second-order valence-electron chi connectivity index (χ2n) is 12.6. The third kappa shape index (κ3) is 4.50. The van der Waals surface area contributed by atoms with Gasteiger partial charge in [0.1, 0.15) is 0 Å². The second kappa shape index (κ2) is 9.57. The Morgan fingerprint density at radius 1 is 1.23 bits per heavy atom. The number of primary amides is 1. The fourth-order valence-electron chi connectivity index (χ4n) is 6.77. The average molecular weight is 541 g/mol. The van der Waals surface area contributed by atoms with Crippen molar-refractivity contribution in [1.82, 2.24) is 9.80 Å². The summed E-state index contributed by atoms with van der Waals surface area (Å²) >= 11 is 0. The van der Waals surface area contributed by atoms with Crippen molar-refractivity contribution >= 4 is 24.6 Å². The van der Waals surface area contributed by atoms with Crippen molar-refractivity contribution in [3.8, 4) is 5.75 Å². The Bertz CT molecular complexity index is 1350. The number of aromatic hydroxyl groups is 1. The van der Waals surface area contributed by atoms with E-state index in [0.29, 0.717) is 6.54 Å². The Morgan fingerprint density at radius 3 is 2.38 bits per heavy atom. The van der Waals surface area contributed by atoms with E-state index in [1.807, 2.05) is 11.9 Å². The number of hydrogen-bond donors (Lipinski definition) is 5. The predicted molar refractivity (Wildman–Crippen MR) is 147 cm³/mol. The summed E-state index contributed by atoms with van der Waals surface area (Å²) in [5.74, 6) is -5.59. The molecule has 210 valence electrons. The summed E-state index contributed by atoms with van der Waals surface area (Å²) in [5.41, 5.74) is 2.29. The molecule has 0 unspecified atom stereocenters. The average Bonchev–Trinajstić information content (AvgIpc) is 2.77. The number of likely N-dealkylation sites (N-methyl/N-ethyl adjacent to an activating group) is 1. The van der Waals surface area contributed by atoms with Gasteiger partial charge in [-0.15, -0.1) is 0 Å². The van der Waals surface area contributed by atoms with Crippen LogP contribution in [0.15, 0.2) is 28.7 Å². The number of phenolic OH excluding ortho intramolecular Hbond substituents is 1. The van der Waals surface area contributed by atoms with Gasteiger partial charge >= 0.3 is 208 Å². The SMILES string of the molecule is B=C1C(C(N)=O)=C(O)[C@@H](N(C)C)[C@@H]2C[C@@H]3Cc4c(F)cc(CN(C)CC(C)(C)C)c(O)c4C(=O)C3=C(O)[C@]12O. The van der Waals surface area contributed by atoms with Crippen LogP contribution < -0.4 is 5.73 Å². The van der Waals surface area contributed by atoms with E-state index in [-0.39, 0.29) is 64.0 Å². The van der Waals surface area contributed by atoms with Crippen LogP contribution in [0.2, 0.25) is 0 Å². The van der Waals surface area contributed by atoms with E-state index >= 15 is 4.39 Å². The predicted octanol–water partition coefficient (Wildman–Crippen LogP) is 1.24. The molecule has 0 saturated carbocycles. The summed E-state index contributed by atoms with van der Waals surface area (Å²) in [6.07, 6.45) is 0.0552. The molecule has 11 heteroatoms. The van der Waals surface area contributed by atoms with Crippen LogP contribution in [0.25, 0.3) is 0 Å². The molecule has 1 amide bonds. The maximum atomic E-state index is 15.5. The quantitative estimate of drug-likeness (QED) is 0.350. The van der Waals surface area contributed by atoms with Gasteiger partial charge in [-0.1, -0.05) is 20.8 Å². The van der Waals surface area contributed by atoms with Gasteiger partial charge in [-0.3, -0.25) is 0 Å². The molecule has 0 heterocycles. The van der Waals surface area contributed by atoms with E-state index in [1.165, 1.54) is 6.07 Å². The van der Waals surface area contributed by atoms with Gasteiger partial charge in [0.15, 0.2) is 0 Å². The van der Waals surface area contributed by atoms with Gasteiger partial charge in [-0.25, -0.2) is 0 Å². The van der Waals surface area contributed by atoms with Gasteiger partial charge in [0.05, 0.1) is 0 Å². The molecule has 6 N–H and O–H groups in total. The molecule has 0 saturated heterocycles. The number of ketones is 1. The molecule has 1 aromatic carbocycles. The van der Waals surface area contributed by atoms with Crippen LogP contribution in [0.3, 0.4) is 0 Å². The van der Waals surface area contributed by atoms with E-state index in [2.05, 4.69) is 28.3 Å². The Labute approximate surface area is 228 Å². The van der Waals surface area contributed by atoms with Gasteiger partial charge in [0, 0.05) is 0 Å². The molecule has 0 spiro atoms. The number of carbonyl (C=O) groups is 2. The number of nitrogens with zero attached hydrogens (tertiary/aromatic N) is 2. The van der Waals surface area contributed by atoms with Crippen molar-refractivity contribution in [3.63, 3.8) is 0 Å². The minimum absolute atomic E-state index is 0.00960. The summed E-state index contributed by atoms with van der Waals surface area (Å²) in [4.78, 5) is 29.6. The van der Waals surface area contributed by atoms with Gasteiger partial charge in [-0.2, -0.15) is 0 Å². The molecule has 9 nitrogen and oxygen atoms in total. The van der Waals surface area contributed by atoms with Gasteiger partial charge in [-0.05, 0) is 0 Å². The zero-order valence-corrected chi connectivity index (χ0v) is 23.3. The van der Waals surface area contributed by atoms with Crippen molar-refractivity contribution in [1.29, 1.82) is 0 Å². The zero-order chi connectivity index (χ0) is 29.4. The molecule has 4 rings (SSSR count). The Kier molecular flexibility index (Phi) is 7.11. The number of amides is 1. The fourth-order valence-corrected chi connectivity index (χ4v) is 6.77. The number of carbonyl (C=O) groups excluding carboxylic acids is 2. The van der Waals surface area contributed by atoms with Gasteiger partial charge in [0.2, 0.25) is 0 Å². The number of aliphatic hydroxyl groups excluding tert-OH is 2. The summed E-state index contributed by atoms with van der Waals surface area (Å²) < 4.78 is 15.5. The van der Waals surface area contributed by atoms with E-state index in [0.717, 1.165) is 0 Å². The number of aliphatic hydroxyl groups is 3. The monoisotopic (exact) mass is 541 g/mol. The molecule has 3 aliphatic rings. The molecule has 0 radical (unpaired) electrons. The molecule has 0 bridgehead atoms. The number of Topliss-reactive ketones (excluding diaryl/α,β-unsaturated/α-hetero) is 1. The van der Waals surface area contributed by atoms with Crippen LogP contribution in [0.4, 0.5) is 4.39 Å². The van der Waals surface area contributed by atoms with Crippen molar-refractivity contribution < 1.29 is 34.4 Å². The van der Waals surface area contributed by atoms with Crippen LogP contribution in [0, 0.1) is 23.1 Å². The third-order valence-electron chi connectivity index (χ3n) is 8.12. The van der Waals surface area contributed by atoms with Crippen LogP contribution >= 0.6 is 0 Å². The molecule has 39 heavy (non-hydrogen) atoms. The number of halogens is 1. The molecular weight excluding hydrogens is 504 g/mol. The number of phenols is 1. The molecule has 0 aromatic heterocycles. The number of fused-ring (bicyclic) bond motifs is 3. The molecule has 0 fully saturated rings. The summed E-state index contributed by atoms with van der Waals surface area (Å²) in [5, 5.41) is 45.5. The summed E-state index contributed by atoms with van der Waals surface area (Å²) in [6.45, 7) is 6.99. The van der Waals surface area contributed by atoms with Crippen molar-refractivity contribution in [2.45, 2.75) is 51.8 Å². The number of benzene rings is 1.